The second kappa shape index (κ2) is 5.83. The summed E-state index contributed by atoms with van der Waals surface area (Å²) in [5, 5.41) is 2.29. The first-order valence-electron chi connectivity index (χ1n) is 4.77. The first kappa shape index (κ1) is 13.0. The fraction of sp³-hybridized carbons (Fsp3) is 0.273. The van der Waals surface area contributed by atoms with E-state index in [0.29, 0.717) is 0 Å². The van der Waals surface area contributed by atoms with Crippen LogP contribution in [0.2, 0.25) is 0 Å². The lowest BCUT2D eigenvalue weighted by Crippen LogP contribution is -2.30. The van der Waals surface area contributed by atoms with E-state index in [1.54, 1.807) is 0 Å². The van der Waals surface area contributed by atoms with Crippen molar-refractivity contribution in [2.45, 2.75) is 0 Å². The summed E-state index contributed by atoms with van der Waals surface area (Å²) in [5.74, 6) is -1.52. The first-order valence-corrected chi connectivity index (χ1v) is 4.77. The third-order valence-electron chi connectivity index (χ3n) is 2.03. The average molecular weight is 241 g/mol. The third kappa shape index (κ3) is 3.44. The van der Waals surface area contributed by atoms with Crippen LogP contribution in [0.25, 0.3) is 0 Å². The highest BCUT2D eigenvalue weighted by molar-refractivity contribution is 5.98. The highest BCUT2D eigenvalue weighted by atomic mass is 19.1. The molecule has 17 heavy (non-hydrogen) atoms. The molecule has 0 unspecified atom stereocenters. The van der Waals surface area contributed by atoms with Crippen molar-refractivity contribution in [2.24, 2.45) is 0 Å². The van der Waals surface area contributed by atoms with Gasteiger partial charge >= 0.3 is 5.97 Å². The molecule has 1 rings (SSSR count). The molecule has 92 valence electrons. The van der Waals surface area contributed by atoms with Gasteiger partial charge < -0.3 is 14.8 Å². The minimum atomic E-state index is -0.605. The van der Waals surface area contributed by atoms with Crippen molar-refractivity contribution in [1.29, 1.82) is 0 Å². The number of benzene rings is 1. The normalized spacial score (nSPS) is 9.59. The van der Waals surface area contributed by atoms with Gasteiger partial charge in [-0.15, -0.1) is 0 Å². The van der Waals surface area contributed by atoms with Gasteiger partial charge in [-0.05, 0) is 18.2 Å². The number of carbonyl (C=O) groups excluding carboxylic acids is 2. The quantitative estimate of drug-likeness (QED) is 0.789. The molecule has 0 aromatic heterocycles. The third-order valence-corrected chi connectivity index (χ3v) is 2.03. The number of halogens is 1. The Labute approximate surface area is 97.5 Å². The monoisotopic (exact) mass is 241 g/mol. The zero-order valence-corrected chi connectivity index (χ0v) is 9.45. The molecule has 0 spiro atoms. The Morgan fingerprint density at radius 2 is 2.06 bits per heavy atom. The van der Waals surface area contributed by atoms with Crippen molar-refractivity contribution in [3.05, 3.63) is 29.6 Å². The van der Waals surface area contributed by atoms with Crippen LogP contribution in [-0.4, -0.2) is 32.6 Å². The Morgan fingerprint density at radius 1 is 1.35 bits per heavy atom. The molecule has 0 aliphatic rings. The molecule has 6 heteroatoms. The predicted octanol–water partition coefficient (Wildman–Crippen LogP) is 0.737. The minimum absolute atomic E-state index is 0.0244. The predicted molar refractivity (Wildman–Crippen MR) is 57.3 cm³/mol. The van der Waals surface area contributed by atoms with Gasteiger partial charge in [-0.3, -0.25) is 9.59 Å². The number of methoxy groups -OCH3 is 2. The lowest BCUT2D eigenvalue weighted by molar-refractivity contribution is -0.139. The molecule has 0 radical (unpaired) electrons. The molecule has 1 N–H and O–H groups in total. The molecule has 5 nitrogen and oxygen atoms in total. The van der Waals surface area contributed by atoms with Crippen LogP contribution in [0.3, 0.4) is 0 Å². The summed E-state index contributed by atoms with van der Waals surface area (Å²) in [5.41, 5.74) is 0.0244. The van der Waals surface area contributed by atoms with E-state index < -0.39 is 17.7 Å². The zero-order valence-electron chi connectivity index (χ0n) is 9.45. The molecule has 0 saturated carbocycles. The van der Waals surface area contributed by atoms with E-state index in [4.69, 9.17) is 4.74 Å². The van der Waals surface area contributed by atoms with Crippen LogP contribution >= 0.6 is 0 Å². The summed E-state index contributed by atoms with van der Waals surface area (Å²) in [6.45, 7) is -0.283. The van der Waals surface area contributed by atoms with Crippen LogP contribution in [0.15, 0.2) is 18.2 Å². The largest absolute Gasteiger partial charge is 0.496 e. The van der Waals surface area contributed by atoms with E-state index >= 15 is 0 Å². The number of carbonyl (C=O) groups is 2. The van der Waals surface area contributed by atoms with Crippen LogP contribution < -0.4 is 10.1 Å². The van der Waals surface area contributed by atoms with Gasteiger partial charge in [0.25, 0.3) is 5.91 Å². The van der Waals surface area contributed by atoms with Gasteiger partial charge in [0.15, 0.2) is 0 Å². The summed E-state index contributed by atoms with van der Waals surface area (Å²) in [7, 11) is 2.57. The molecule has 1 aromatic rings. The highest BCUT2D eigenvalue weighted by Crippen LogP contribution is 2.18. The van der Waals surface area contributed by atoms with Crippen LogP contribution in [0, 0.1) is 5.82 Å². The van der Waals surface area contributed by atoms with Crippen LogP contribution in [0.1, 0.15) is 10.4 Å². The molecule has 0 heterocycles. The summed E-state index contributed by atoms with van der Waals surface area (Å²) in [4.78, 5) is 22.5. The van der Waals surface area contributed by atoms with E-state index in [-0.39, 0.29) is 17.9 Å². The van der Waals surface area contributed by atoms with Gasteiger partial charge in [0, 0.05) is 0 Å². The number of rotatable bonds is 4. The molecule has 0 bridgehead atoms. The van der Waals surface area contributed by atoms with Gasteiger partial charge in [0.2, 0.25) is 0 Å². The molecule has 0 fully saturated rings. The molecular formula is C11H12FNO4. The Kier molecular flexibility index (Phi) is 4.45. The lowest BCUT2D eigenvalue weighted by Gasteiger charge is -2.08. The first-order chi connectivity index (χ1) is 8.08. The van der Waals surface area contributed by atoms with E-state index in [1.807, 2.05) is 0 Å². The SMILES string of the molecule is COC(=O)CNC(=O)c1cc(F)ccc1OC. The van der Waals surface area contributed by atoms with Gasteiger partial charge in [-0.1, -0.05) is 0 Å². The average Bonchev–Trinajstić information content (AvgIpc) is 2.35. The number of hydrogen-bond acceptors (Lipinski definition) is 4. The summed E-state index contributed by atoms with van der Waals surface area (Å²) < 4.78 is 22.3. The Hall–Kier alpha value is -2.11. The maximum atomic E-state index is 13.0. The fourth-order valence-corrected chi connectivity index (χ4v) is 1.18. The molecule has 1 aromatic carbocycles. The number of esters is 1. The van der Waals surface area contributed by atoms with Crippen molar-refractivity contribution in [1.82, 2.24) is 5.32 Å². The van der Waals surface area contributed by atoms with Crippen molar-refractivity contribution >= 4 is 11.9 Å². The number of nitrogens with one attached hydrogen (secondary N) is 1. The summed E-state index contributed by atoms with van der Waals surface area (Å²) in [6.07, 6.45) is 0. The van der Waals surface area contributed by atoms with Crippen molar-refractivity contribution < 1.29 is 23.5 Å². The standard InChI is InChI=1S/C11H12FNO4/c1-16-9-4-3-7(12)5-8(9)11(15)13-6-10(14)17-2/h3-5H,6H2,1-2H3,(H,13,15). The van der Waals surface area contributed by atoms with Gasteiger partial charge in [0.1, 0.15) is 18.1 Å². The van der Waals surface area contributed by atoms with Gasteiger partial charge in [-0.2, -0.15) is 0 Å². The summed E-state index contributed by atoms with van der Waals surface area (Å²) >= 11 is 0. The van der Waals surface area contributed by atoms with E-state index in [1.165, 1.54) is 26.4 Å². The Bertz CT molecular complexity index is 433. The molecular weight excluding hydrogens is 229 g/mol. The molecule has 0 atom stereocenters. The fourth-order valence-electron chi connectivity index (χ4n) is 1.18. The number of amides is 1. The van der Waals surface area contributed by atoms with E-state index in [0.717, 1.165) is 6.07 Å². The Morgan fingerprint density at radius 3 is 2.65 bits per heavy atom. The van der Waals surface area contributed by atoms with Gasteiger partial charge in [0.05, 0.1) is 19.8 Å². The number of ether oxygens (including phenoxy) is 2. The summed E-state index contributed by atoms with van der Waals surface area (Å²) in [6, 6.07) is 3.55. The van der Waals surface area contributed by atoms with E-state index in [9.17, 15) is 14.0 Å². The van der Waals surface area contributed by atoms with Crippen molar-refractivity contribution in [2.75, 3.05) is 20.8 Å². The second-order valence-electron chi connectivity index (χ2n) is 3.10. The van der Waals surface area contributed by atoms with Crippen molar-refractivity contribution in [3.63, 3.8) is 0 Å². The zero-order chi connectivity index (χ0) is 12.8. The van der Waals surface area contributed by atoms with Crippen LogP contribution in [0.4, 0.5) is 4.39 Å². The maximum absolute atomic E-state index is 13.0. The van der Waals surface area contributed by atoms with Gasteiger partial charge in [-0.25, -0.2) is 4.39 Å². The molecule has 0 aliphatic carbocycles. The molecule has 0 aliphatic heterocycles. The number of hydrogen-bond donors (Lipinski definition) is 1. The Balaban J connectivity index is 2.80. The molecule has 0 saturated heterocycles. The smallest absolute Gasteiger partial charge is 0.325 e. The van der Waals surface area contributed by atoms with Crippen LogP contribution in [0.5, 0.6) is 5.75 Å². The molecule has 1 amide bonds. The second-order valence-corrected chi connectivity index (χ2v) is 3.10. The van der Waals surface area contributed by atoms with E-state index in [2.05, 4.69) is 10.1 Å². The lowest BCUT2D eigenvalue weighted by atomic mass is 10.2. The van der Waals surface area contributed by atoms with Crippen LogP contribution in [-0.2, 0) is 9.53 Å². The highest BCUT2D eigenvalue weighted by Gasteiger charge is 2.14. The minimum Gasteiger partial charge on any atom is -0.496 e. The van der Waals surface area contributed by atoms with Crippen molar-refractivity contribution in [3.8, 4) is 5.75 Å². The maximum Gasteiger partial charge on any atom is 0.325 e. The topological polar surface area (TPSA) is 64.6 Å².